The van der Waals surface area contributed by atoms with Crippen molar-refractivity contribution in [1.29, 1.82) is 0 Å². The van der Waals surface area contributed by atoms with Gasteiger partial charge in [-0.05, 0) is 13.0 Å². The lowest BCUT2D eigenvalue weighted by atomic mass is 10.3. The predicted molar refractivity (Wildman–Crippen MR) is 64.8 cm³/mol. The normalized spacial score (nSPS) is 13.8. The average Bonchev–Trinajstić information content (AvgIpc) is 2.82. The number of nitrogens with zero attached hydrogens (tertiary/aromatic N) is 1. The second kappa shape index (κ2) is 5.87. The van der Waals surface area contributed by atoms with Crippen molar-refractivity contribution < 1.29 is 23.6 Å². The molecule has 0 atom stereocenters. The van der Waals surface area contributed by atoms with Crippen LogP contribution >= 0.6 is 0 Å². The number of anilines is 1. The highest BCUT2D eigenvalue weighted by Crippen LogP contribution is 2.06. The molecule has 2 rings (SSSR count). The minimum absolute atomic E-state index is 0.0713. The van der Waals surface area contributed by atoms with Gasteiger partial charge in [-0.3, -0.25) is 20.4 Å². The van der Waals surface area contributed by atoms with E-state index < -0.39 is 18.5 Å². The molecule has 0 bridgehead atoms. The van der Waals surface area contributed by atoms with Crippen LogP contribution in [0.1, 0.15) is 12.2 Å². The number of aromatic nitrogens is 1. The van der Waals surface area contributed by atoms with Gasteiger partial charge in [0, 0.05) is 12.5 Å². The molecule has 0 fully saturated rings. The first kappa shape index (κ1) is 13.6. The van der Waals surface area contributed by atoms with Gasteiger partial charge in [-0.1, -0.05) is 5.16 Å². The van der Waals surface area contributed by atoms with E-state index in [-0.39, 0.29) is 23.8 Å². The van der Waals surface area contributed by atoms with E-state index in [0.29, 0.717) is 5.76 Å². The zero-order valence-electron chi connectivity index (χ0n) is 10.6. The Morgan fingerprint density at radius 2 is 2.30 bits per heavy atom. The van der Waals surface area contributed by atoms with Crippen LogP contribution in [-0.4, -0.2) is 29.5 Å². The van der Waals surface area contributed by atoms with Crippen LogP contribution in [0.15, 0.2) is 22.4 Å². The fraction of sp³-hybridized carbons (Fsp3) is 0.273. The van der Waals surface area contributed by atoms with E-state index >= 15 is 0 Å². The molecule has 0 aliphatic carbocycles. The number of esters is 1. The number of hydrazine groups is 1. The van der Waals surface area contributed by atoms with E-state index in [4.69, 9.17) is 9.26 Å². The number of ether oxygens (including phenoxy) is 1. The van der Waals surface area contributed by atoms with Crippen molar-refractivity contribution in [3.63, 3.8) is 0 Å². The maximum absolute atomic E-state index is 11.5. The number of hydrogen-bond acceptors (Lipinski definition) is 7. The average molecular weight is 280 g/mol. The summed E-state index contributed by atoms with van der Waals surface area (Å²) in [4.78, 5) is 33.9. The van der Waals surface area contributed by atoms with Crippen molar-refractivity contribution in [1.82, 2.24) is 16.0 Å². The van der Waals surface area contributed by atoms with Crippen LogP contribution in [0.2, 0.25) is 0 Å². The Balaban J connectivity index is 1.78. The predicted octanol–water partition coefficient (Wildman–Crippen LogP) is -0.627. The van der Waals surface area contributed by atoms with E-state index in [1.807, 2.05) is 0 Å². The highest BCUT2D eigenvalue weighted by molar-refractivity contribution is 5.95. The Morgan fingerprint density at radius 1 is 1.50 bits per heavy atom. The smallest absolute Gasteiger partial charge is 0.356 e. The number of carbonyl (C=O) groups is 3. The molecule has 0 spiro atoms. The van der Waals surface area contributed by atoms with Gasteiger partial charge in [-0.25, -0.2) is 4.79 Å². The second-order valence-corrected chi connectivity index (χ2v) is 3.94. The Bertz CT molecular complexity index is 577. The molecule has 1 aromatic rings. The lowest BCUT2D eigenvalue weighted by Gasteiger charge is -2.15. The SMILES string of the molecule is Cc1cc(NC(=O)COC(=O)C2=CCC(=O)NN2)no1. The Morgan fingerprint density at radius 3 is 2.90 bits per heavy atom. The fourth-order valence-electron chi connectivity index (χ4n) is 1.38. The maximum atomic E-state index is 11.5. The van der Waals surface area contributed by atoms with Crippen molar-refractivity contribution >= 4 is 23.6 Å². The van der Waals surface area contributed by atoms with Gasteiger partial charge >= 0.3 is 5.97 Å². The molecule has 2 amide bonds. The molecule has 9 nitrogen and oxygen atoms in total. The molecular weight excluding hydrogens is 268 g/mol. The van der Waals surface area contributed by atoms with Crippen molar-refractivity contribution in [2.75, 3.05) is 11.9 Å². The maximum Gasteiger partial charge on any atom is 0.356 e. The summed E-state index contributed by atoms with van der Waals surface area (Å²) in [7, 11) is 0. The van der Waals surface area contributed by atoms with E-state index in [1.165, 1.54) is 12.1 Å². The standard InChI is InChI=1S/C11H12N4O5/c1-6-4-8(15-20-6)12-10(17)5-19-11(18)7-2-3-9(16)14-13-7/h2,4,13H,3,5H2,1H3,(H,14,16)(H,12,15,17). The quantitative estimate of drug-likeness (QED) is 0.628. The zero-order valence-corrected chi connectivity index (χ0v) is 10.6. The number of nitrogens with one attached hydrogen (secondary N) is 3. The molecule has 0 saturated heterocycles. The van der Waals surface area contributed by atoms with E-state index in [2.05, 4.69) is 21.3 Å². The summed E-state index contributed by atoms with van der Waals surface area (Å²) in [5, 5.41) is 5.96. The first-order valence-corrected chi connectivity index (χ1v) is 5.70. The lowest BCUT2D eigenvalue weighted by molar-refractivity contribution is -0.144. The molecular formula is C11H12N4O5. The second-order valence-electron chi connectivity index (χ2n) is 3.94. The summed E-state index contributed by atoms with van der Waals surface area (Å²) < 4.78 is 9.53. The number of amides is 2. The highest BCUT2D eigenvalue weighted by atomic mass is 16.5. The Labute approximate surface area is 113 Å². The van der Waals surface area contributed by atoms with Gasteiger partial charge in [0.1, 0.15) is 11.5 Å². The third-order valence-corrected chi connectivity index (χ3v) is 2.28. The summed E-state index contributed by atoms with van der Waals surface area (Å²) in [5.74, 6) is -0.764. The molecule has 1 aliphatic rings. The molecule has 20 heavy (non-hydrogen) atoms. The van der Waals surface area contributed by atoms with Crippen molar-refractivity contribution in [3.05, 3.63) is 23.6 Å². The minimum atomic E-state index is -0.739. The summed E-state index contributed by atoms with van der Waals surface area (Å²) in [6, 6.07) is 1.53. The molecule has 3 N–H and O–H groups in total. The van der Waals surface area contributed by atoms with Gasteiger partial charge in [0.25, 0.3) is 5.91 Å². The topological polar surface area (TPSA) is 123 Å². The van der Waals surface area contributed by atoms with Crippen LogP contribution in [0.5, 0.6) is 0 Å². The van der Waals surface area contributed by atoms with Crippen LogP contribution in [0.25, 0.3) is 0 Å². The molecule has 0 radical (unpaired) electrons. The van der Waals surface area contributed by atoms with E-state index in [1.54, 1.807) is 6.92 Å². The molecule has 1 aliphatic heterocycles. The van der Waals surface area contributed by atoms with Crippen LogP contribution in [0.4, 0.5) is 5.82 Å². The number of aryl methyl sites for hydroxylation is 1. The monoisotopic (exact) mass is 280 g/mol. The van der Waals surface area contributed by atoms with Gasteiger partial charge in [0.15, 0.2) is 12.4 Å². The summed E-state index contributed by atoms with van der Waals surface area (Å²) in [5.41, 5.74) is 4.71. The molecule has 2 heterocycles. The van der Waals surface area contributed by atoms with E-state index in [9.17, 15) is 14.4 Å². The summed E-state index contributed by atoms with van der Waals surface area (Å²) in [6.07, 6.45) is 1.45. The van der Waals surface area contributed by atoms with Crippen LogP contribution < -0.4 is 16.2 Å². The van der Waals surface area contributed by atoms with E-state index in [0.717, 1.165) is 0 Å². The fourth-order valence-corrected chi connectivity index (χ4v) is 1.38. The summed E-state index contributed by atoms with van der Waals surface area (Å²) in [6.45, 7) is 1.20. The Hall–Kier alpha value is -2.84. The van der Waals surface area contributed by atoms with Crippen molar-refractivity contribution in [2.45, 2.75) is 13.3 Å². The number of rotatable bonds is 4. The third-order valence-electron chi connectivity index (χ3n) is 2.28. The molecule has 0 saturated carbocycles. The van der Waals surface area contributed by atoms with Gasteiger partial charge in [0.2, 0.25) is 5.91 Å². The minimum Gasteiger partial charge on any atom is -0.451 e. The molecule has 0 aromatic carbocycles. The largest absolute Gasteiger partial charge is 0.451 e. The highest BCUT2D eigenvalue weighted by Gasteiger charge is 2.17. The van der Waals surface area contributed by atoms with Crippen LogP contribution in [-0.2, 0) is 19.1 Å². The van der Waals surface area contributed by atoms with Gasteiger partial charge < -0.3 is 14.6 Å². The summed E-state index contributed by atoms with van der Waals surface area (Å²) >= 11 is 0. The van der Waals surface area contributed by atoms with Crippen molar-refractivity contribution in [2.24, 2.45) is 0 Å². The lowest BCUT2D eigenvalue weighted by Crippen LogP contribution is -2.42. The number of carbonyl (C=O) groups excluding carboxylic acids is 3. The molecule has 9 heteroatoms. The zero-order chi connectivity index (χ0) is 14.5. The van der Waals surface area contributed by atoms with Gasteiger partial charge in [0.05, 0.1) is 0 Å². The van der Waals surface area contributed by atoms with Crippen LogP contribution in [0, 0.1) is 6.92 Å². The Kier molecular flexibility index (Phi) is 3.99. The molecule has 1 aromatic heterocycles. The van der Waals surface area contributed by atoms with Gasteiger partial charge in [-0.15, -0.1) is 0 Å². The van der Waals surface area contributed by atoms with Crippen molar-refractivity contribution in [3.8, 4) is 0 Å². The number of hydrogen-bond donors (Lipinski definition) is 3. The van der Waals surface area contributed by atoms with Gasteiger partial charge in [-0.2, -0.15) is 0 Å². The first-order chi connectivity index (χ1) is 9.54. The first-order valence-electron chi connectivity index (χ1n) is 5.70. The molecule has 0 unspecified atom stereocenters. The van der Waals surface area contributed by atoms with Crippen LogP contribution in [0.3, 0.4) is 0 Å². The third kappa shape index (κ3) is 3.57. The molecule has 106 valence electrons.